The molecule has 0 spiro atoms. The van der Waals surface area contributed by atoms with E-state index >= 15 is 0 Å². The number of nitrogens with two attached hydrogens (primary N) is 1. The van der Waals surface area contributed by atoms with Gasteiger partial charge in [0.25, 0.3) is 0 Å². The largest absolute Gasteiger partial charge is 0.397 e. The topological polar surface area (TPSA) is 68.0 Å². The third kappa shape index (κ3) is 5.74. The van der Waals surface area contributed by atoms with Gasteiger partial charge in [0.1, 0.15) is 0 Å². The second kappa shape index (κ2) is 5.51. The van der Waals surface area contributed by atoms with Gasteiger partial charge in [-0.3, -0.25) is 9.78 Å². The van der Waals surface area contributed by atoms with Crippen LogP contribution in [-0.4, -0.2) is 23.6 Å². The number of hydrogen-bond acceptors (Lipinski definition) is 3. The van der Waals surface area contributed by atoms with Gasteiger partial charge in [-0.2, -0.15) is 13.2 Å². The maximum atomic E-state index is 11.8. The van der Waals surface area contributed by atoms with Crippen LogP contribution in [0.25, 0.3) is 0 Å². The van der Waals surface area contributed by atoms with Crippen molar-refractivity contribution in [1.29, 1.82) is 0 Å². The van der Waals surface area contributed by atoms with Crippen molar-refractivity contribution in [2.45, 2.75) is 19.0 Å². The molecule has 17 heavy (non-hydrogen) atoms. The second-order valence-corrected chi connectivity index (χ2v) is 3.47. The third-order valence-electron chi connectivity index (χ3n) is 1.92. The van der Waals surface area contributed by atoms with Crippen molar-refractivity contribution in [2.75, 3.05) is 12.3 Å². The molecule has 0 aromatic carbocycles. The molecule has 3 N–H and O–H groups in total. The minimum atomic E-state index is -4.26. The molecule has 0 aliphatic heterocycles. The van der Waals surface area contributed by atoms with Gasteiger partial charge in [0.05, 0.1) is 24.7 Å². The number of alkyl halides is 3. The summed E-state index contributed by atoms with van der Waals surface area (Å²) in [6, 6.07) is 3.13. The lowest BCUT2D eigenvalue weighted by Crippen LogP contribution is -2.29. The lowest BCUT2D eigenvalue weighted by atomic mass is 10.2. The summed E-state index contributed by atoms with van der Waals surface area (Å²) in [5.74, 6) is -0.494. The average Bonchev–Trinajstić information content (AvgIpc) is 2.19. The van der Waals surface area contributed by atoms with E-state index in [0.717, 1.165) is 0 Å². The fraction of sp³-hybridized carbons (Fsp3) is 0.400. The molecule has 0 bridgehead atoms. The fourth-order valence-electron chi connectivity index (χ4n) is 1.11. The van der Waals surface area contributed by atoms with Crippen molar-refractivity contribution in [3.8, 4) is 0 Å². The predicted molar refractivity (Wildman–Crippen MR) is 56.0 cm³/mol. The number of anilines is 1. The summed E-state index contributed by atoms with van der Waals surface area (Å²) >= 11 is 0. The molecule has 0 radical (unpaired) electrons. The van der Waals surface area contributed by atoms with Crippen LogP contribution in [-0.2, 0) is 11.2 Å². The zero-order valence-corrected chi connectivity index (χ0v) is 8.92. The van der Waals surface area contributed by atoms with Crippen LogP contribution in [0.5, 0.6) is 0 Å². The highest BCUT2D eigenvalue weighted by Crippen LogP contribution is 2.18. The average molecular weight is 247 g/mol. The van der Waals surface area contributed by atoms with Crippen LogP contribution < -0.4 is 11.1 Å². The standard InChI is InChI=1S/C10H12F3N3O/c11-10(12,13)3-4-15-9(17)5-8-2-1-7(14)6-16-8/h1-2,6H,3-5,14H2,(H,15,17). The number of nitrogens with one attached hydrogen (secondary N) is 1. The van der Waals surface area contributed by atoms with Crippen LogP contribution in [0.1, 0.15) is 12.1 Å². The molecule has 0 aliphatic rings. The van der Waals surface area contributed by atoms with Gasteiger partial charge in [0, 0.05) is 12.2 Å². The van der Waals surface area contributed by atoms with E-state index < -0.39 is 25.0 Å². The van der Waals surface area contributed by atoms with E-state index in [1.807, 2.05) is 0 Å². The van der Waals surface area contributed by atoms with Crippen molar-refractivity contribution >= 4 is 11.6 Å². The smallest absolute Gasteiger partial charge is 0.390 e. The number of pyridine rings is 1. The zero-order valence-electron chi connectivity index (χ0n) is 8.92. The van der Waals surface area contributed by atoms with Gasteiger partial charge in [-0.25, -0.2) is 0 Å². The van der Waals surface area contributed by atoms with Crippen molar-refractivity contribution in [2.24, 2.45) is 0 Å². The van der Waals surface area contributed by atoms with E-state index in [1.54, 1.807) is 12.1 Å². The molecule has 1 rings (SSSR count). The number of halogens is 3. The van der Waals surface area contributed by atoms with E-state index in [9.17, 15) is 18.0 Å². The first-order chi connectivity index (χ1) is 7.87. The first kappa shape index (κ1) is 13.3. The molecule has 1 amide bonds. The van der Waals surface area contributed by atoms with Crippen LogP contribution in [0, 0.1) is 0 Å². The van der Waals surface area contributed by atoms with E-state index in [2.05, 4.69) is 10.3 Å². The molecule has 0 atom stereocenters. The lowest BCUT2D eigenvalue weighted by molar-refractivity contribution is -0.135. The molecule has 0 fully saturated rings. The van der Waals surface area contributed by atoms with Crippen LogP contribution in [0.15, 0.2) is 18.3 Å². The summed E-state index contributed by atoms with van der Waals surface area (Å²) in [7, 11) is 0. The first-order valence-corrected chi connectivity index (χ1v) is 4.91. The Morgan fingerprint density at radius 3 is 2.65 bits per heavy atom. The monoisotopic (exact) mass is 247 g/mol. The maximum absolute atomic E-state index is 11.8. The van der Waals surface area contributed by atoms with Crippen molar-refractivity contribution in [1.82, 2.24) is 10.3 Å². The summed E-state index contributed by atoms with van der Waals surface area (Å²) < 4.78 is 35.4. The van der Waals surface area contributed by atoms with Gasteiger partial charge in [0.2, 0.25) is 5.91 Å². The summed E-state index contributed by atoms with van der Waals surface area (Å²) in [6.45, 7) is -0.419. The van der Waals surface area contributed by atoms with E-state index in [4.69, 9.17) is 5.73 Å². The highest BCUT2D eigenvalue weighted by Gasteiger charge is 2.26. The number of aromatic nitrogens is 1. The summed E-state index contributed by atoms with van der Waals surface area (Å²) in [5.41, 5.74) is 6.32. The molecule has 0 unspecified atom stereocenters. The number of nitrogens with zero attached hydrogens (tertiary/aromatic N) is 1. The van der Waals surface area contributed by atoms with Gasteiger partial charge in [-0.15, -0.1) is 0 Å². The van der Waals surface area contributed by atoms with Gasteiger partial charge >= 0.3 is 6.18 Å². The molecular formula is C10H12F3N3O. The second-order valence-electron chi connectivity index (χ2n) is 3.47. The SMILES string of the molecule is Nc1ccc(CC(=O)NCCC(F)(F)F)nc1. The molecule has 94 valence electrons. The zero-order chi connectivity index (χ0) is 12.9. The van der Waals surface area contributed by atoms with E-state index in [1.165, 1.54) is 6.20 Å². The molecular weight excluding hydrogens is 235 g/mol. The Bertz CT molecular complexity index is 375. The van der Waals surface area contributed by atoms with Gasteiger partial charge in [-0.05, 0) is 12.1 Å². The maximum Gasteiger partial charge on any atom is 0.390 e. The number of carbonyl (C=O) groups is 1. The molecule has 0 saturated carbocycles. The molecule has 0 saturated heterocycles. The Morgan fingerprint density at radius 1 is 1.41 bits per heavy atom. The quantitative estimate of drug-likeness (QED) is 0.842. The van der Waals surface area contributed by atoms with Crippen LogP contribution >= 0.6 is 0 Å². The van der Waals surface area contributed by atoms with Crippen LogP contribution in [0.4, 0.5) is 18.9 Å². The molecule has 1 aromatic rings. The number of rotatable bonds is 4. The highest BCUT2D eigenvalue weighted by molar-refractivity contribution is 5.78. The van der Waals surface area contributed by atoms with Gasteiger partial charge in [0.15, 0.2) is 0 Å². The number of nitrogen functional groups attached to an aromatic ring is 1. The predicted octanol–water partition coefficient (Wildman–Crippen LogP) is 1.27. The van der Waals surface area contributed by atoms with Crippen molar-refractivity contribution in [3.63, 3.8) is 0 Å². The first-order valence-electron chi connectivity index (χ1n) is 4.91. The summed E-state index contributed by atoms with van der Waals surface area (Å²) in [5, 5.41) is 2.17. The van der Waals surface area contributed by atoms with Crippen molar-refractivity contribution in [3.05, 3.63) is 24.0 Å². The Morgan fingerprint density at radius 2 is 2.12 bits per heavy atom. The number of hydrogen-bond donors (Lipinski definition) is 2. The Balaban J connectivity index is 2.32. The van der Waals surface area contributed by atoms with Crippen LogP contribution in [0.2, 0.25) is 0 Å². The Kier molecular flexibility index (Phi) is 4.30. The summed E-state index contributed by atoms with van der Waals surface area (Å²) in [6.07, 6.45) is -3.96. The Labute approximate surface area is 96.0 Å². The van der Waals surface area contributed by atoms with Crippen molar-refractivity contribution < 1.29 is 18.0 Å². The molecule has 1 aromatic heterocycles. The molecule has 1 heterocycles. The Hall–Kier alpha value is -1.79. The van der Waals surface area contributed by atoms with Crippen LogP contribution in [0.3, 0.4) is 0 Å². The molecule has 7 heteroatoms. The molecule has 0 aliphatic carbocycles. The number of amides is 1. The van der Waals surface area contributed by atoms with Gasteiger partial charge in [-0.1, -0.05) is 0 Å². The normalized spacial score (nSPS) is 11.2. The lowest BCUT2D eigenvalue weighted by Gasteiger charge is -2.07. The minimum Gasteiger partial charge on any atom is -0.397 e. The highest BCUT2D eigenvalue weighted by atomic mass is 19.4. The molecule has 4 nitrogen and oxygen atoms in total. The van der Waals surface area contributed by atoms with E-state index in [-0.39, 0.29) is 6.42 Å². The third-order valence-corrected chi connectivity index (χ3v) is 1.92. The summed E-state index contributed by atoms with van der Waals surface area (Å²) in [4.78, 5) is 15.1. The van der Waals surface area contributed by atoms with Gasteiger partial charge < -0.3 is 11.1 Å². The number of carbonyl (C=O) groups excluding carboxylic acids is 1. The van der Waals surface area contributed by atoms with E-state index in [0.29, 0.717) is 11.4 Å². The fourth-order valence-corrected chi connectivity index (χ4v) is 1.11. The minimum absolute atomic E-state index is 0.0574.